The molecule has 2 heterocycles. The van der Waals surface area contributed by atoms with E-state index in [0.717, 1.165) is 44.7 Å². The highest BCUT2D eigenvalue weighted by molar-refractivity contribution is 7.95. The van der Waals surface area contributed by atoms with Gasteiger partial charge < -0.3 is 44.1 Å². The van der Waals surface area contributed by atoms with Crippen LogP contribution in [0.3, 0.4) is 0 Å². The summed E-state index contributed by atoms with van der Waals surface area (Å²) in [6, 6.07) is 32.3. The van der Waals surface area contributed by atoms with Crippen molar-refractivity contribution in [3.05, 3.63) is 91.0 Å². The minimum atomic E-state index is -1.86. The van der Waals surface area contributed by atoms with E-state index in [1.165, 1.54) is 22.8 Å². The third-order valence-corrected chi connectivity index (χ3v) is 20.0. The summed E-state index contributed by atoms with van der Waals surface area (Å²) in [6.45, 7) is 17.0. The van der Waals surface area contributed by atoms with Gasteiger partial charge in [-0.1, -0.05) is 102 Å². The Morgan fingerprint density at radius 1 is 0.795 bits per heavy atom. The maximum absolute atomic E-state index is 14.0. The van der Waals surface area contributed by atoms with E-state index < -0.39 is 85.1 Å². The molecule has 3 aromatic rings. The van der Waals surface area contributed by atoms with Gasteiger partial charge in [0.25, 0.3) is 0 Å². The topological polar surface area (TPSA) is 156 Å². The van der Waals surface area contributed by atoms with E-state index in [9.17, 15) is 24.6 Å². The molecular formula is C59H91N3O10P+. The first-order chi connectivity index (χ1) is 34.6. The molecule has 1 amide bonds. The summed E-state index contributed by atoms with van der Waals surface area (Å²) in [6.07, 6.45) is 3.10. The normalized spacial score (nSPS) is 31.2. The molecule has 3 aromatic carbocycles. The molecule has 2 aliphatic heterocycles. The molecular weight excluding hydrogens is 942 g/mol. The van der Waals surface area contributed by atoms with Crippen LogP contribution in [0.15, 0.2) is 91.0 Å². The van der Waals surface area contributed by atoms with Crippen LogP contribution in [0.2, 0.25) is 0 Å². The number of hydrogen-bond acceptors (Lipinski definition) is 12. The number of hydrogen-bond donors (Lipinski definition) is 3. The Labute approximate surface area is 438 Å². The zero-order valence-corrected chi connectivity index (χ0v) is 47.1. The average molecular weight is 1030 g/mol. The molecule has 0 saturated carbocycles. The Bertz CT molecular complexity index is 2030. The number of nitrogens with one attached hydrogen (secondary N) is 1. The molecule has 0 spiro atoms. The summed E-state index contributed by atoms with van der Waals surface area (Å²) in [4.78, 5) is 44.1. The molecule has 0 unspecified atom stereocenters. The van der Waals surface area contributed by atoms with Crippen molar-refractivity contribution in [1.29, 1.82) is 0 Å². The lowest BCUT2D eigenvalue weighted by Crippen LogP contribution is -2.61. The fourth-order valence-corrected chi connectivity index (χ4v) is 16.1. The molecule has 3 N–H and O–H groups in total. The maximum atomic E-state index is 14.0. The number of esters is 2. The van der Waals surface area contributed by atoms with Crippen molar-refractivity contribution in [2.75, 3.05) is 40.4 Å². The lowest BCUT2D eigenvalue weighted by atomic mass is 9.79. The second-order valence-electron chi connectivity index (χ2n) is 22.1. The van der Waals surface area contributed by atoms with Crippen LogP contribution in [0.4, 0.5) is 4.79 Å². The van der Waals surface area contributed by atoms with E-state index in [2.05, 4.69) is 96.3 Å². The quantitative estimate of drug-likeness (QED) is 0.0484. The number of cyclic esters (lactones) is 1. The molecule has 0 aliphatic carbocycles. The number of alkyl carbamates (subject to hydrolysis) is 1. The third-order valence-electron chi connectivity index (χ3n) is 15.5. The molecule has 2 aliphatic rings. The molecule has 13 nitrogen and oxygen atoms in total. The predicted molar refractivity (Wildman–Crippen MR) is 293 cm³/mol. The molecule has 14 heteroatoms. The van der Waals surface area contributed by atoms with Gasteiger partial charge in [0.1, 0.15) is 34.9 Å². The van der Waals surface area contributed by atoms with Crippen LogP contribution < -0.4 is 21.2 Å². The van der Waals surface area contributed by atoms with Crippen LogP contribution >= 0.6 is 7.26 Å². The van der Waals surface area contributed by atoms with Crippen LogP contribution in [0.25, 0.3) is 0 Å². The van der Waals surface area contributed by atoms with Crippen LogP contribution in [-0.4, -0.2) is 139 Å². The fraction of sp³-hybridized carbons (Fsp3) is 0.644. The standard InChI is InChI=1S/C59H90N3O10P/c1-13-51-59(9,67)54(72-57(65)60-35-27-16-14-15-17-28-36-73(47-29-21-18-22-30-47,48-31-23-19-24-32-48)49-33-25-20-26-34-49)45(6)62(12)40-41(2)39-58(8,66)53(42(3)37-43(4)55(64)70-51)71-56-52(69-46(7)63)50(61(10)11)38-44(5)68-56/h18-26,29-34,41-45,50-54,56,66-67H,13-17,27-28,35-40H2,1-12H3/p+1/t41-,42+,43-,44-,45-,50+,51-,52-,53-,54-,56+,58-,59-/m1/s1. The van der Waals surface area contributed by atoms with Gasteiger partial charge >= 0.3 is 18.0 Å². The van der Waals surface area contributed by atoms with E-state index in [4.69, 9.17) is 23.7 Å². The molecule has 406 valence electrons. The lowest BCUT2D eigenvalue weighted by Gasteiger charge is -2.47. The largest absolute Gasteiger partial charge is 0.459 e. The molecule has 2 saturated heterocycles. The van der Waals surface area contributed by atoms with Gasteiger partial charge in [-0.05, 0) is 142 Å². The Balaban J connectivity index is 1.22. The Hall–Kier alpha value is -3.94. The number of carbonyl (C=O) groups is 3. The molecule has 0 aromatic heterocycles. The smallest absolute Gasteiger partial charge is 0.407 e. The second-order valence-corrected chi connectivity index (χ2v) is 25.8. The van der Waals surface area contributed by atoms with Gasteiger partial charge in [-0.15, -0.1) is 0 Å². The van der Waals surface area contributed by atoms with E-state index in [1.807, 2.05) is 65.6 Å². The number of carbonyl (C=O) groups excluding carboxylic acids is 3. The van der Waals surface area contributed by atoms with Crippen LogP contribution in [0, 0.1) is 17.8 Å². The maximum Gasteiger partial charge on any atom is 0.407 e. The minimum absolute atomic E-state index is 0.117. The molecule has 0 bridgehead atoms. The summed E-state index contributed by atoms with van der Waals surface area (Å²) in [5.41, 5.74) is -3.20. The number of unbranched alkanes of at least 4 members (excludes halogenated alkanes) is 5. The summed E-state index contributed by atoms with van der Waals surface area (Å²) in [5.74, 6) is -2.16. The number of rotatable bonds is 18. The first-order valence-corrected chi connectivity index (χ1v) is 29.1. The summed E-state index contributed by atoms with van der Waals surface area (Å²) < 4.78 is 31.3. The number of amides is 1. The van der Waals surface area contributed by atoms with Crippen LogP contribution in [-0.2, 0) is 33.3 Å². The number of nitrogens with zero attached hydrogens (tertiary/aromatic N) is 2. The first-order valence-electron chi connectivity index (χ1n) is 27.1. The number of ether oxygens (including phenoxy) is 5. The fourth-order valence-electron chi connectivity index (χ4n) is 11.7. The number of benzene rings is 3. The van der Waals surface area contributed by atoms with Gasteiger partial charge in [-0.3, -0.25) is 14.5 Å². The number of likely N-dealkylation sites (N-methyl/N-ethyl adjacent to an activating group) is 2. The van der Waals surface area contributed by atoms with Crippen molar-refractivity contribution in [3.63, 3.8) is 0 Å². The van der Waals surface area contributed by atoms with Crippen molar-refractivity contribution >= 4 is 41.2 Å². The van der Waals surface area contributed by atoms with E-state index in [1.54, 1.807) is 20.8 Å². The zero-order valence-electron chi connectivity index (χ0n) is 46.2. The van der Waals surface area contributed by atoms with Gasteiger partial charge in [-0.25, -0.2) is 4.79 Å². The Kier molecular flexibility index (Phi) is 22.8. The van der Waals surface area contributed by atoms with Gasteiger partial charge in [-0.2, -0.15) is 0 Å². The van der Waals surface area contributed by atoms with E-state index in [0.29, 0.717) is 25.9 Å². The highest BCUT2D eigenvalue weighted by Gasteiger charge is 2.51. The van der Waals surface area contributed by atoms with Crippen molar-refractivity contribution in [2.24, 2.45) is 17.8 Å². The molecule has 2 fully saturated rings. The SMILES string of the molecule is CC[C@H]1OC(=O)[C@H](C)C[C@H](C)[C@@H](O[C@@H]2O[C@H](C)C[C@H](N(C)C)[C@H]2OC(C)=O)[C@](C)(O)C[C@@H](C)CN(C)[C@H](C)[C@@H](OC(=O)NCCCCCCCC[P+](c2ccccc2)(c2ccccc2)c2ccccc2)[C@]1(C)O. The summed E-state index contributed by atoms with van der Waals surface area (Å²) in [7, 11) is 3.89. The van der Waals surface area contributed by atoms with Crippen molar-refractivity contribution < 1.29 is 48.3 Å². The van der Waals surface area contributed by atoms with Gasteiger partial charge in [0.2, 0.25) is 0 Å². The first kappa shape index (κ1) is 59.9. The monoisotopic (exact) mass is 1030 g/mol. The molecule has 73 heavy (non-hydrogen) atoms. The molecule has 13 atom stereocenters. The zero-order chi connectivity index (χ0) is 53.5. The minimum Gasteiger partial charge on any atom is -0.459 e. The van der Waals surface area contributed by atoms with Gasteiger partial charge in [0.05, 0.1) is 35.9 Å². The predicted octanol–water partition coefficient (Wildman–Crippen LogP) is 8.64. The van der Waals surface area contributed by atoms with Crippen LogP contribution in [0.5, 0.6) is 0 Å². The average Bonchev–Trinajstić information content (AvgIpc) is 3.35. The van der Waals surface area contributed by atoms with Crippen molar-refractivity contribution in [3.8, 4) is 0 Å². The lowest BCUT2D eigenvalue weighted by molar-refractivity contribution is -0.297. The van der Waals surface area contributed by atoms with Crippen LogP contribution in [0.1, 0.15) is 127 Å². The van der Waals surface area contributed by atoms with E-state index >= 15 is 0 Å². The second kappa shape index (κ2) is 27.7. The summed E-state index contributed by atoms with van der Waals surface area (Å²) >= 11 is 0. The van der Waals surface area contributed by atoms with E-state index in [-0.39, 0.29) is 30.9 Å². The van der Waals surface area contributed by atoms with Gasteiger partial charge in [0, 0.05) is 26.1 Å². The highest BCUT2D eigenvalue weighted by atomic mass is 31.2. The Morgan fingerprint density at radius 2 is 1.33 bits per heavy atom. The number of aliphatic hydroxyl groups is 2. The third kappa shape index (κ3) is 16.0. The van der Waals surface area contributed by atoms with Crippen molar-refractivity contribution in [2.45, 2.75) is 187 Å². The molecule has 0 radical (unpaired) electrons. The van der Waals surface area contributed by atoms with Crippen molar-refractivity contribution in [1.82, 2.24) is 15.1 Å². The highest BCUT2D eigenvalue weighted by Crippen LogP contribution is 2.56. The Morgan fingerprint density at radius 3 is 1.85 bits per heavy atom. The summed E-state index contributed by atoms with van der Waals surface area (Å²) in [5, 5.41) is 32.1. The molecule has 5 rings (SSSR count). The van der Waals surface area contributed by atoms with Gasteiger partial charge in [0.15, 0.2) is 18.5 Å².